The average molecular weight is 351 g/mol. The fraction of sp³-hybridized carbons (Fsp3) is 0.588. The Balaban J connectivity index is 1.62. The van der Waals surface area contributed by atoms with Crippen molar-refractivity contribution in [2.45, 2.75) is 57.5 Å². The molecular formula is C17H23BrN2O. The van der Waals surface area contributed by atoms with Crippen molar-refractivity contribution < 1.29 is 4.79 Å². The van der Waals surface area contributed by atoms with Crippen LogP contribution < -0.4 is 10.6 Å². The zero-order valence-electron chi connectivity index (χ0n) is 12.5. The summed E-state index contributed by atoms with van der Waals surface area (Å²) >= 11 is 3.48. The van der Waals surface area contributed by atoms with Gasteiger partial charge < -0.3 is 10.6 Å². The van der Waals surface area contributed by atoms with E-state index in [1.807, 2.05) is 25.1 Å². The predicted molar refractivity (Wildman–Crippen MR) is 89.4 cm³/mol. The minimum absolute atomic E-state index is 0.0383. The van der Waals surface area contributed by atoms with Crippen LogP contribution in [0.5, 0.6) is 0 Å². The second-order valence-corrected chi connectivity index (χ2v) is 7.37. The van der Waals surface area contributed by atoms with Crippen LogP contribution in [0.25, 0.3) is 0 Å². The summed E-state index contributed by atoms with van der Waals surface area (Å²) < 4.78 is 1.00. The number of hydrogen-bond acceptors (Lipinski definition) is 2. The maximum absolute atomic E-state index is 12.5. The molecule has 3 atom stereocenters. The Morgan fingerprint density at radius 2 is 2.00 bits per heavy atom. The molecule has 114 valence electrons. The van der Waals surface area contributed by atoms with Crippen molar-refractivity contribution in [3.63, 3.8) is 0 Å². The van der Waals surface area contributed by atoms with Crippen molar-refractivity contribution in [1.82, 2.24) is 5.32 Å². The highest BCUT2D eigenvalue weighted by atomic mass is 79.9. The summed E-state index contributed by atoms with van der Waals surface area (Å²) in [5.74, 6) is 0.896. The topological polar surface area (TPSA) is 41.1 Å². The SMILES string of the molecule is Cc1cc(Br)cc(NC(=O)C2CCC3CCCCC3N2)c1. The van der Waals surface area contributed by atoms with E-state index in [-0.39, 0.29) is 11.9 Å². The lowest BCUT2D eigenvalue weighted by atomic mass is 9.77. The number of anilines is 1. The van der Waals surface area contributed by atoms with Crippen LogP contribution in [0.15, 0.2) is 22.7 Å². The highest BCUT2D eigenvalue weighted by Crippen LogP contribution is 2.32. The van der Waals surface area contributed by atoms with Crippen molar-refractivity contribution in [1.29, 1.82) is 0 Å². The first-order valence-corrected chi connectivity index (χ1v) is 8.75. The highest BCUT2D eigenvalue weighted by Gasteiger charge is 2.34. The van der Waals surface area contributed by atoms with E-state index in [1.54, 1.807) is 0 Å². The molecule has 1 aliphatic heterocycles. The van der Waals surface area contributed by atoms with Crippen LogP contribution in [-0.4, -0.2) is 18.0 Å². The number of halogens is 1. The van der Waals surface area contributed by atoms with Gasteiger partial charge in [0.2, 0.25) is 5.91 Å². The molecule has 1 aliphatic carbocycles. The van der Waals surface area contributed by atoms with Crippen LogP contribution in [0, 0.1) is 12.8 Å². The number of piperidine rings is 1. The van der Waals surface area contributed by atoms with Crippen molar-refractivity contribution in [2.24, 2.45) is 5.92 Å². The molecule has 0 spiro atoms. The summed E-state index contributed by atoms with van der Waals surface area (Å²) in [6, 6.07) is 6.52. The first-order valence-electron chi connectivity index (χ1n) is 7.96. The maximum Gasteiger partial charge on any atom is 0.241 e. The second-order valence-electron chi connectivity index (χ2n) is 6.45. The molecule has 0 aromatic heterocycles. The normalized spacial score (nSPS) is 28.8. The molecule has 4 heteroatoms. The standard InChI is InChI=1S/C17H23BrN2O/c1-11-8-13(18)10-14(9-11)19-17(21)16-7-6-12-4-2-3-5-15(12)20-16/h8-10,12,15-16,20H,2-7H2,1H3,(H,19,21). The van der Waals surface area contributed by atoms with E-state index in [0.717, 1.165) is 28.1 Å². The van der Waals surface area contributed by atoms with Gasteiger partial charge >= 0.3 is 0 Å². The molecule has 3 nitrogen and oxygen atoms in total. The zero-order chi connectivity index (χ0) is 14.8. The number of carbonyl (C=O) groups is 1. The average Bonchev–Trinajstić information content (AvgIpc) is 2.45. The number of benzene rings is 1. The van der Waals surface area contributed by atoms with Gasteiger partial charge in [-0.05, 0) is 62.3 Å². The highest BCUT2D eigenvalue weighted by molar-refractivity contribution is 9.10. The van der Waals surface area contributed by atoms with Crippen molar-refractivity contribution >= 4 is 27.5 Å². The minimum atomic E-state index is -0.0383. The molecule has 2 aliphatic rings. The maximum atomic E-state index is 12.5. The number of amides is 1. The Bertz CT molecular complexity index is 511. The van der Waals surface area contributed by atoms with Gasteiger partial charge in [0.1, 0.15) is 0 Å². The minimum Gasteiger partial charge on any atom is -0.325 e. The van der Waals surface area contributed by atoms with Gasteiger partial charge in [0, 0.05) is 16.2 Å². The number of aryl methyl sites for hydroxylation is 1. The number of rotatable bonds is 2. The largest absolute Gasteiger partial charge is 0.325 e. The Morgan fingerprint density at radius 1 is 1.19 bits per heavy atom. The molecule has 21 heavy (non-hydrogen) atoms. The summed E-state index contributed by atoms with van der Waals surface area (Å²) in [6.45, 7) is 2.03. The van der Waals surface area contributed by atoms with E-state index >= 15 is 0 Å². The third kappa shape index (κ3) is 3.67. The van der Waals surface area contributed by atoms with Gasteiger partial charge in [-0.3, -0.25) is 4.79 Å². The van der Waals surface area contributed by atoms with Gasteiger partial charge in [0.15, 0.2) is 0 Å². The van der Waals surface area contributed by atoms with Gasteiger partial charge in [0.05, 0.1) is 6.04 Å². The predicted octanol–water partition coefficient (Wildman–Crippen LogP) is 4.01. The van der Waals surface area contributed by atoms with Crippen LogP contribution in [0.1, 0.15) is 44.1 Å². The molecule has 1 heterocycles. The van der Waals surface area contributed by atoms with Gasteiger partial charge in [-0.25, -0.2) is 0 Å². The quantitative estimate of drug-likeness (QED) is 0.845. The fourth-order valence-electron chi connectivity index (χ4n) is 3.74. The molecule has 0 radical (unpaired) electrons. The fourth-order valence-corrected chi connectivity index (χ4v) is 4.35. The summed E-state index contributed by atoms with van der Waals surface area (Å²) in [4.78, 5) is 12.5. The van der Waals surface area contributed by atoms with Gasteiger partial charge in [-0.15, -0.1) is 0 Å². The van der Waals surface area contributed by atoms with E-state index in [4.69, 9.17) is 0 Å². The molecule has 1 saturated heterocycles. The van der Waals surface area contributed by atoms with Gasteiger partial charge in [0.25, 0.3) is 0 Å². The third-order valence-corrected chi connectivity index (χ3v) is 5.23. The summed E-state index contributed by atoms with van der Waals surface area (Å²) in [5, 5.41) is 6.64. The Hall–Kier alpha value is -0.870. The molecule has 2 N–H and O–H groups in total. The summed E-state index contributed by atoms with van der Waals surface area (Å²) in [6.07, 6.45) is 7.36. The molecular weight excluding hydrogens is 328 g/mol. The van der Waals surface area contributed by atoms with Crippen molar-refractivity contribution in [3.05, 3.63) is 28.2 Å². The Morgan fingerprint density at radius 3 is 2.81 bits per heavy atom. The van der Waals surface area contributed by atoms with Crippen LogP contribution in [0.2, 0.25) is 0 Å². The molecule has 3 unspecified atom stereocenters. The second kappa shape index (κ2) is 6.49. The van der Waals surface area contributed by atoms with Gasteiger partial charge in [-0.1, -0.05) is 28.8 Å². The Kier molecular flexibility index (Phi) is 4.65. The third-order valence-electron chi connectivity index (χ3n) is 4.78. The molecule has 1 amide bonds. The number of nitrogens with one attached hydrogen (secondary N) is 2. The number of hydrogen-bond donors (Lipinski definition) is 2. The number of fused-ring (bicyclic) bond motifs is 1. The van der Waals surface area contributed by atoms with E-state index in [9.17, 15) is 4.79 Å². The van der Waals surface area contributed by atoms with E-state index in [1.165, 1.54) is 32.1 Å². The molecule has 2 fully saturated rings. The molecule has 1 saturated carbocycles. The molecule has 1 aromatic rings. The summed E-state index contributed by atoms with van der Waals surface area (Å²) in [5.41, 5.74) is 2.02. The molecule has 0 bridgehead atoms. The lowest BCUT2D eigenvalue weighted by Crippen LogP contribution is -2.53. The summed E-state index contributed by atoms with van der Waals surface area (Å²) in [7, 11) is 0. The molecule has 3 rings (SSSR count). The van der Waals surface area contributed by atoms with Crippen LogP contribution in [0.3, 0.4) is 0 Å². The van der Waals surface area contributed by atoms with Crippen LogP contribution >= 0.6 is 15.9 Å². The monoisotopic (exact) mass is 350 g/mol. The van der Waals surface area contributed by atoms with E-state index < -0.39 is 0 Å². The zero-order valence-corrected chi connectivity index (χ0v) is 14.1. The molecule has 1 aromatic carbocycles. The van der Waals surface area contributed by atoms with Crippen molar-refractivity contribution in [2.75, 3.05) is 5.32 Å². The van der Waals surface area contributed by atoms with E-state index in [0.29, 0.717) is 6.04 Å². The van der Waals surface area contributed by atoms with Crippen LogP contribution in [-0.2, 0) is 4.79 Å². The smallest absolute Gasteiger partial charge is 0.241 e. The van der Waals surface area contributed by atoms with Crippen molar-refractivity contribution in [3.8, 4) is 0 Å². The lowest BCUT2D eigenvalue weighted by Gasteiger charge is -2.39. The Labute approximate surface area is 135 Å². The first-order chi connectivity index (χ1) is 10.1. The van der Waals surface area contributed by atoms with E-state index in [2.05, 4.69) is 26.6 Å². The number of carbonyl (C=O) groups excluding carboxylic acids is 1. The first kappa shape index (κ1) is 15.0. The van der Waals surface area contributed by atoms with Gasteiger partial charge in [-0.2, -0.15) is 0 Å². The lowest BCUT2D eigenvalue weighted by molar-refractivity contribution is -0.119. The van der Waals surface area contributed by atoms with Crippen LogP contribution in [0.4, 0.5) is 5.69 Å².